The molecule has 0 saturated carbocycles. The molecule has 4 rings (SSSR count). The molecule has 1 amide bonds. The number of ketones is 1. The van der Waals surface area contributed by atoms with Gasteiger partial charge in [-0.2, -0.15) is 0 Å². The maximum atomic E-state index is 13.0. The van der Waals surface area contributed by atoms with Gasteiger partial charge in [-0.15, -0.1) is 22.7 Å². The van der Waals surface area contributed by atoms with Crippen molar-refractivity contribution in [3.8, 4) is 5.75 Å². The number of methoxy groups -OCH3 is 1. The van der Waals surface area contributed by atoms with Crippen LogP contribution in [0, 0.1) is 0 Å². The van der Waals surface area contributed by atoms with Crippen LogP contribution in [0.4, 0.5) is 0 Å². The van der Waals surface area contributed by atoms with Gasteiger partial charge in [0.2, 0.25) is 0 Å². The highest BCUT2D eigenvalue weighted by Crippen LogP contribution is 2.44. The molecule has 0 radical (unpaired) electrons. The maximum absolute atomic E-state index is 13.0. The minimum atomic E-state index is -0.763. The molecule has 30 heavy (non-hydrogen) atoms. The first-order valence-corrected chi connectivity index (χ1v) is 11.3. The third-order valence-electron chi connectivity index (χ3n) is 4.73. The fraction of sp³-hybridized carbons (Fsp3) is 0.143. The first-order chi connectivity index (χ1) is 14.4. The number of rotatable bonds is 5. The minimum Gasteiger partial charge on any atom is -0.507 e. The van der Waals surface area contributed by atoms with Crippen LogP contribution in [0.1, 0.15) is 21.4 Å². The largest absolute Gasteiger partial charge is 0.507 e. The Morgan fingerprint density at radius 3 is 2.53 bits per heavy atom. The van der Waals surface area contributed by atoms with E-state index in [9.17, 15) is 14.7 Å². The van der Waals surface area contributed by atoms with Gasteiger partial charge < -0.3 is 14.7 Å². The number of carbonyl (C=O) groups excluding carboxylic acids is 2. The van der Waals surface area contributed by atoms with Gasteiger partial charge in [-0.25, -0.2) is 0 Å². The minimum absolute atomic E-state index is 0.0179. The Bertz CT molecular complexity index is 1140. The van der Waals surface area contributed by atoms with E-state index in [1.165, 1.54) is 46.8 Å². The topological polar surface area (TPSA) is 66.8 Å². The molecule has 1 atom stereocenters. The van der Waals surface area contributed by atoms with Crippen LogP contribution in [-0.4, -0.2) is 28.8 Å². The Kier molecular flexibility index (Phi) is 5.88. The van der Waals surface area contributed by atoms with Gasteiger partial charge in [-0.1, -0.05) is 35.3 Å². The molecule has 9 heteroatoms. The van der Waals surface area contributed by atoms with E-state index in [0.717, 1.165) is 9.75 Å². The van der Waals surface area contributed by atoms with E-state index in [2.05, 4.69) is 0 Å². The Hall–Kier alpha value is -2.32. The SMILES string of the molecule is COc1c(Cl)cc(Cl)cc1/C(O)=C1/C(=O)C(=O)N(Cc2cccs2)C1c1cccs1. The van der Waals surface area contributed by atoms with Crippen molar-refractivity contribution < 1.29 is 19.4 Å². The highest BCUT2D eigenvalue weighted by Gasteiger charge is 2.47. The lowest BCUT2D eigenvalue weighted by Crippen LogP contribution is -2.28. The molecule has 3 aromatic rings. The van der Waals surface area contributed by atoms with Crippen LogP contribution in [0.5, 0.6) is 5.75 Å². The van der Waals surface area contributed by atoms with Crippen LogP contribution < -0.4 is 4.74 Å². The van der Waals surface area contributed by atoms with Gasteiger partial charge in [-0.3, -0.25) is 9.59 Å². The summed E-state index contributed by atoms with van der Waals surface area (Å²) in [5.41, 5.74) is 0.140. The number of benzene rings is 1. The number of amides is 1. The summed E-state index contributed by atoms with van der Waals surface area (Å²) in [6.45, 7) is 0.259. The number of halogens is 2. The zero-order chi connectivity index (χ0) is 21.4. The van der Waals surface area contributed by atoms with Crippen molar-refractivity contribution in [2.75, 3.05) is 7.11 Å². The number of aliphatic hydroxyl groups excluding tert-OH is 1. The third kappa shape index (κ3) is 3.63. The second-order valence-electron chi connectivity index (χ2n) is 6.49. The number of aliphatic hydroxyl groups is 1. The summed E-state index contributed by atoms with van der Waals surface area (Å²) in [7, 11) is 1.40. The first-order valence-electron chi connectivity index (χ1n) is 8.80. The van der Waals surface area contributed by atoms with Gasteiger partial charge in [0.15, 0.2) is 0 Å². The lowest BCUT2D eigenvalue weighted by atomic mass is 9.99. The van der Waals surface area contributed by atoms with Crippen molar-refractivity contribution in [1.29, 1.82) is 0 Å². The zero-order valence-electron chi connectivity index (χ0n) is 15.6. The molecule has 5 nitrogen and oxygen atoms in total. The Balaban J connectivity index is 1.91. The molecule has 1 aliphatic rings. The summed E-state index contributed by atoms with van der Waals surface area (Å²) in [6.07, 6.45) is 0. The summed E-state index contributed by atoms with van der Waals surface area (Å²) in [6, 6.07) is 9.66. The molecular weight excluding hydrogens is 465 g/mol. The predicted octanol–water partition coefficient (Wildman–Crippen LogP) is 5.75. The molecule has 154 valence electrons. The highest BCUT2D eigenvalue weighted by molar-refractivity contribution is 7.10. The summed E-state index contributed by atoms with van der Waals surface area (Å²) in [5, 5.41) is 15.4. The first kappa shape index (κ1) is 20.9. The van der Waals surface area contributed by atoms with E-state index in [1.807, 2.05) is 35.0 Å². The summed E-state index contributed by atoms with van der Waals surface area (Å²) >= 11 is 15.2. The molecule has 0 bridgehead atoms. The van der Waals surface area contributed by atoms with Gasteiger partial charge in [0.25, 0.3) is 11.7 Å². The Morgan fingerprint density at radius 2 is 1.90 bits per heavy atom. The summed E-state index contributed by atoms with van der Waals surface area (Å²) in [5.74, 6) is -1.63. The molecular formula is C21H15Cl2NO4S2. The van der Waals surface area contributed by atoms with Crippen LogP contribution in [0.25, 0.3) is 5.76 Å². The molecule has 1 aliphatic heterocycles. The fourth-order valence-corrected chi connectivity index (χ4v) is 5.56. The van der Waals surface area contributed by atoms with E-state index >= 15 is 0 Å². The lowest BCUT2D eigenvalue weighted by Gasteiger charge is -2.23. The number of Topliss-reactive ketones (excluding diaryl/α,β-unsaturated/α-hetero) is 1. The summed E-state index contributed by atoms with van der Waals surface area (Å²) in [4.78, 5) is 29.1. The molecule has 3 heterocycles. The fourth-order valence-electron chi connectivity index (χ4n) is 3.44. The van der Waals surface area contributed by atoms with Gasteiger partial charge in [0.05, 0.1) is 29.8 Å². The average molecular weight is 480 g/mol. The molecule has 1 unspecified atom stereocenters. The summed E-state index contributed by atoms with van der Waals surface area (Å²) < 4.78 is 5.32. The molecule has 1 N–H and O–H groups in total. The number of carbonyl (C=O) groups is 2. The van der Waals surface area contributed by atoms with E-state index < -0.39 is 17.7 Å². The van der Waals surface area contributed by atoms with Crippen LogP contribution >= 0.6 is 45.9 Å². The predicted molar refractivity (Wildman–Crippen MR) is 119 cm³/mol. The van der Waals surface area contributed by atoms with Gasteiger partial charge in [0, 0.05) is 14.8 Å². The van der Waals surface area contributed by atoms with Crippen LogP contribution in [0.2, 0.25) is 10.0 Å². The molecule has 0 spiro atoms. The Morgan fingerprint density at radius 1 is 1.17 bits per heavy atom. The van der Waals surface area contributed by atoms with E-state index in [4.69, 9.17) is 27.9 Å². The van der Waals surface area contributed by atoms with E-state index in [0.29, 0.717) is 0 Å². The van der Waals surface area contributed by atoms with Crippen molar-refractivity contribution in [1.82, 2.24) is 4.90 Å². The molecule has 1 aromatic carbocycles. The second kappa shape index (κ2) is 8.43. The van der Waals surface area contributed by atoms with Crippen LogP contribution in [0.3, 0.4) is 0 Å². The molecule has 0 aliphatic carbocycles. The quantitative estimate of drug-likeness (QED) is 0.287. The van der Waals surface area contributed by atoms with Crippen molar-refractivity contribution in [3.05, 3.63) is 78.1 Å². The van der Waals surface area contributed by atoms with Crippen molar-refractivity contribution in [2.45, 2.75) is 12.6 Å². The lowest BCUT2D eigenvalue weighted by molar-refractivity contribution is -0.140. The number of hydrogen-bond donors (Lipinski definition) is 1. The normalized spacial score (nSPS) is 18.2. The van der Waals surface area contributed by atoms with Crippen molar-refractivity contribution in [3.63, 3.8) is 0 Å². The molecule has 1 saturated heterocycles. The van der Waals surface area contributed by atoms with Gasteiger partial charge in [-0.05, 0) is 35.0 Å². The second-order valence-corrected chi connectivity index (χ2v) is 9.35. The maximum Gasteiger partial charge on any atom is 0.296 e. The number of thiophene rings is 2. The zero-order valence-corrected chi connectivity index (χ0v) is 18.7. The van der Waals surface area contributed by atoms with Gasteiger partial charge in [0.1, 0.15) is 17.6 Å². The van der Waals surface area contributed by atoms with Crippen molar-refractivity contribution >= 4 is 63.3 Å². The van der Waals surface area contributed by atoms with Gasteiger partial charge >= 0.3 is 0 Å². The third-order valence-corrected chi connectivity index (χ3v) is 7.01. The molecule has 1 fully saturated rings. The number of ether oxygens (including phenoxy) is 1. The smallest absolute Gasteiger partial charge is 0.296 e. The Labute approximate surface area is 190 Å². The van der Waals surface area contributed by atoms with Crippen molar-refractivity contribution in [2.24, 2.45) is 0 Å². The number of hydrogen-bond acceptors (Lipinski definition) is 6. The average Bonchev–Trinajstić information content (AvgIpc) is 3.46. The number of likely N-dealkylation sites (tertiary alicyclic amines) is 1. The number of nitrogens with zero attached hydrogens (tertiary/aromatic N) is 1. The van der Waals surface area contributed by atoms with E-state index in [1.54, 1.807) is 0 Å². The molecule has 2 aromatic heterocycles. The monoisotopic (exact) mass is 479 g/mol. The highest BCUT2D eigenvalue weighted by atomic mass is 35.5. The van der Waals surface area contributed by atoms with Crippen LogP contribution in [0.15, 0.2) is 52.7 Å². The standard InChI is InChI=1S/C21H15Cl2NO4S2/c1-28-20-13(8-11(22)9-14(20)23)18(25)16-17(15-5-3-7-30-15)24(21(27)19(16)26)10-12-4-2-6-29-12/h2-9,17,25H,10H2,1H3/b18-16-. The van der Waals surface area contributed by atoms with Crippen LogP contribution in [-0.2, 0) is 16.1 Å². The van der Waals surface area contributed by atoms with E-state index in [-0.39, 0.29) is 39.2 Å².